The third-order valence-corrected chi connectivity index (χ3v) is 4.53. The minimum atomic E-state index is -0.0808. The Morgan fingerprint density at radius 3 is 2.82 bits per heavy atom. The molecule has 1 fully saturated rings. The van der Waals surface area contributed by atoms with Crippen molar-refractivity contribution in [1.29, 1.82) is 0 Å². The van der Waals surface area contributed by atoms with Gasteiger partial charge in [-0.1, -0.05) is 29.3 Å². The van der Waals surface area contributed by atoms with Crippen molar-refractivity contribution < 1.29 is 9.53 Å². The molecule has 0 aliphatic carbocycles. The van der Waals surface area contributed by atoms with Crippen LogP contribution in [0, 0.1) is 0 Å². The Kier molecular flexibility index (Phi) is 6.80. The van der Waals surface area contributed by atoms with Crippen LogP contribution in [0.2, 0.25) is 10.0 Å². The number of halogens is 2. The normalized spacial score (nSPS) is 18.0. The average Bonchev–Trinajstić information content (AvgIpc) is 2.54. The summed E-state index contributed by atoms with van der Waals surface area (Å²) in [4.78, 5) is 14.1. The Bertz CT molecular complexity index is 505. The lowest BCUT2D eigenvalue weighted by Gasteiger charge is -2.29. The fourth-order valence-corrected chi connectivity index (χ4v) is 2.81. The van der Waals surface area contributed by atoms with Gasteiger partial charge in [0.25, 0.3) is 0 Å². The van der Waals surface area contributed by atoms with E-state index in [2.05, 4.69) is 5.32 Å². The lowest BCUT2D eigenvalue weighted by Crippen LogP contribution is -2.44. The van der Waals surface area contributed by atoms with E-state index in [1.165, 1.54) is 6.42 Å². The molecule has 1 unspecified atom stereocenters. The smallest absolute Gasteiger partial charge is 0.317 e. The van der Waals surface area contributed by atoms with E-state index in [0.29, 0.717) is 29.7 Å². The van der Waals surface area contributed by atoms with Crippen LogP contribution in [-0.4, -0.2) is 36.7 Å². The van der Waals surface area contributed by atoms with Crippen molar-refractivity contribution in [3.05, 3.63) is 33.8 Å². The summed E-state index contributed by atoms with van der Waals surface area (Å²) in [5, 5.41) is 3.93. The number of carbonyl (C=O) groups is 1. The van der Waals surface area contributed by atoms with Gasteiger partial charge in [0.1, 0.15) is 0 Å². The first-order valence-electron chi connectivity index (χ1n) is 7.68. The van der Waals surface area contributed by atoms with Crippen LogP contribution >= 0.6 is 23.2 Å². The Morgan fingerprint density at radius 2 is 2.18 bits per heavy atom. The van der Waals surface area contributed by atoms with Gasteiger partial charge in [0, 0.05) is 26.2 Å². The van der Waals surface area contributed by atoms with Gasteiger partial charge in [-0.2, -0.15) is 0 Å². The number of rotatable bonds is 5. The molecule has 1 aromatic carbocycles. The van der Waals surface area contributed by atoms with Gasteiger partial charge in [-0.25, -0.2) is 4.79 Å². The van der Waals surface area contributed by atoms with Crippen LogP contribution in [0.1, 0.15) is 31.7 Å². The van der Waals surface area contributed by atoms with E-state index in [-0.39, 0.29) is 12.1 Å². The van der Waals surface area contributed by atoms with Gasteiger partial charge in [0.05, 0.1) is 16.1 Å². The molecular formula is C16H22Cl2N2O2. The van der Waals surface area contributed by atoms with Crippen molar-refractivity contribution in [2.75, 3.05) is 19.7 Å². The highest BCUT2D eigenvalue weighted by atomic mass is 35.5. The van der Waals surface area contributed by atoms with Gasteiger partial charge in [-0.3, -0.25) is 0 Å². The molecule has 1 saturated heterocycles. The zero-order chi connectivity index (χ0) is 15.9. The molecular weight excluding hydrogens is 323 g/mol. The van der Waals surface area contributed by atoms with E-state index in [1.807, 2.05) is 13.0 Å². The largest absolute Gasteiger partial charge is 0.376 e. The highest BCUT2D eigenvalue weighted by Crippen LogP contribution is 2.22. The fourth-order valence-electron chi connectivity index (χ4n) is 2.49. The van der Waals surface area contributed by atoms with Gasteiger partial charge >= 0.3 is 6.03 Å². The van der Waals surface area contributed by atoms with Crippen molar-refractivity contribution in [2.24, 2.45) is 0 Å². The quantitative estimate of drug-likeness (QED) is 0.873. The van der Waals surface area contributed by atoms with Crippen LogP contribution < -0.4 is 5.32 Å². The Morgan fingerprint density at radius 1 is 1.36 bits per heavy atom. The van der Waals surface area contributed by atoms with Crippen LogP contribution in [-0.2, 0) is 11.3 Å². The first-order valence-corrected chi connectivity index (χ1v) is 8.44. The lowest BCUT2D eigenvalue weighted by molar-refractivity contribution is 0.00132. The number of nitrogens with one attached hydrogen (secondary N) is 1. The van der Waals surface area contributed by atoms with Crippen molar-refractivity contribution >= 4 is 29.2 Å². The minimum absolute atomic E-state index is 0.0808. The first kappa shape index (κ1) is 17.4. The second-order valence-electron chi connectivity index (χ2n) is 5.43. The molecule has 22 heavy (non-hydrogen) atoms. The number of amides is 2. The highest BCUT2D eigenvalue weighted by Gasteiger charge is 2.20. The third-order valence-electron chi connectivity index (χ3n) is 3.79. The van der Waals surface area contributed by atoms with Crippen LogP contribution in [0.5, 0.6) is 0 Å². The van der Waals surface area contributed by atoms with E-state index in [4.69, 9.17) is 27.9 Å². The molecule has 122 valence electrons. The van der Waals surface area contributed by atoms with Crippen molar-refractivity contribution in [1.82, 2.24) is 10.2 Å². The van der Waals surface area contributed by atoms with Crippen LogP contribution in [0.25, 0.3) is 0 Å². The van der Waals surface area contributed by atoms with Crippen LogP contribution in [0.15, 0.2) is 18.2 Å². The summed E-state index contributed by atoms with van der Waals surface area (Å²) in [5.74, 6) is 0. The molecule has 6 heteroatoms. The number of nitrogens with zero attached hydrogens (tertiary/aromatic N) is 1. The maximum absolute atomic E-state index is 12.3. The topological polar surface area (TPSA) is 41.6 Å². The van der Waals surface area contributed by atoms with Gasteiger partial charge in [0.2, 0.25) is 0 Å². The Labute approximate surface area is 141 Å². The molecule has 0 saturated carbocycles. The summed E-state index contributed by atoms with van der Waals surface area (Å²) in [7, 11) is 0. The number of urea groups is 1. The maximum Gasteiger partial charge on any atom is 0.317 e. The fraction of sp³-hybridized carbons (Fsp3) is 0.562. The number of ether oxygens (including phenoxy) is 1. The molecule has 0 bridgehead atoms. The summed E-state index contributed by atoms with van der Waals surface area (Å²) in [6.07, 6.45) is 3.47. The summed E-state index contributed by atoms with van der Waals surface area (Å²) in [6, 6.07) is 5.28. The van der Waals surface area contributed by atoms with Crippen molar-refractivity contribution in [3.8, 4) is 0 Å². The molecule has 1 aliphatic rings. The molecule has 0 aromatic heterocycles. The maximum atomic E-state index is 12.3. The second-order valence-corrected chi connectivity index (χ2v) is 6.25. The highest BCUT2D eigenvalue weighted by molar-refractivity contribution is 6.42. The zero-order valence-electron chi connectivity index (χ0n) is 12.8. The molecule has 0 radical (unpaired) electrons. The van der Waals surface area contributed by atoms with Crippen molar-refractivity contribution in [2.45, 2.75) is 38.8 Å². The SMILES string of the molecule is CCN(CC1CCCCO1)C(=O)NCc1ccc(Cl)c(Cl)c1. The molecule has 0 spiro atoms. The van der Waals surface area contributed by atoms with E-state index in [9.17, 15) is 4.79 Å². The molecule has 2 amide bonds. The van der Waals surface area contributed by atoms with Crippen LogP contribution in [0.4, 0.5) is 4.79 Å². The zero-order valence-corrected chi connectivity index (χ0v) is 14.3. The summed E-state index contributed by atoms with van der Waals surface area (Å²) < 4.78 is 5.70. The molecule has 1 heterocycles. The van der Waals surface area contributed by atoms with Gasteiger partial charge < -0.3 is 15.0 Å². The van der Waals surface area contributed by atoms with E-state index < -0.39 is 0 Å². The number of hydrogen-bond donors (Lipinski definition) is 1. The Balaban J connectivity index is 1.84. The second kappa shape index (κ2) is 8.61. The van der Waals surface area contributed by atoms with Gasteiger partial charge in [-0.05, 0) is 43.9 Å². The number of likely N-dealkylation sites (N-methyl/N-ethyl adjacent to an activating group) is 1. The van der Waals surface area contributed by atoms with E-state index >= 15 is 0 Å². The summed E-state index contributed by atoms with van der Waals surface area (Å²) >= 11 is 11.9. The molecule has 1 aromatic rings. The van der Waals surface area contributed by atoms with E-state index in [1.54, 1.807) is 17.0 Å². The summed E-state index contributed by atoms with van der Waals surface area (Å²) in [6.45, 7) is 4.50. The predicted octanol–water partition coefficient (Wildman–Crippen LogP) is 4.09. The predicted molar refractivity (Wildman–Crippen MR) is 89.5 cm³/mol. The minimum Gasteiger partial charge on any atom is -0.376 e. The third kappa shape index (κ3) is 5.04. The molecule has 1 atom stereocenters. The first-order chi connectivity index (χ1) is 10.6. The van der Waals surface area contributed by atoms with E-state index in [0.717, 1.165) is 25.0 Å². The number of benzene rings is 1. The van der Waals surface area contributed by atoms with Crippen molar-refractivity contribution in [3.63, 3.8) is 0 Å². The number of hydrogen-bond acceptors (Lipinski definition) is 2. The monoisotopic (exact) mass is 344 g/mol. The molecule has 2 rings (SSSR count). The van der Waals surface area contributed by atoms with Crippen LogP contribution in [0.3, 0.4) is 0 Å². The lowest BCUT2D eigenvalue weighted by atomic mass is 10.1. The number of carbonyl (C=O) groups excluding carboxylic acids is 1. The standard InChI is InChI=1S/C16H22Cl2N2O2/c1-2-20(11-13-5-3-4-8-22-13)16(21)19-10-12-6-7-14(17)15(18)9-12/h6-7,9,13H,2-5,8,10-11H2,1H3,(H,19,21). The summed E-state index contributed by atoms with van der Waals surface area (Å²) in [5.41, 5.74) is 0.924. The molecule has 1 N–H and O–H groups in total. The Hall–Kier alpha value is -0.970. The molecule has 4 nitrogen and oxygen atoms in total. The van der Waals surface area contributed by atoms with Gasteiger partial charge in [-0.15, -0.1) is 0 Å². The molecule has 1 aliphatic heterocycles. The van der Waals surface area contributed by atoms with Gasteiger partial charge in [0.15, 0.2) is 0 Å². The average molecular weight is 345 g/mol.